The van der Waals surface area contributed by atoms with E-state index in [4.69, 9.17) is 5.41 Å². The van der Waals surface area contributed by atoms with E-state index in [2.05, 4.69) is 15.3 Å². The third kappa shape index (κ3) is 3.97. The Labute approximate surface area is 194 Å². The number of aromatic nitrogens is 4. The summed E-state index contributed by atoms with van der Waals surface area (Å²) in [6.07, 6.45) is 5.08. The van der Waals surface area contributed by atoms with Crippen LogP contribution in [0.15, 0.2) is 84.0 Å². The van der Waals surface area contributed by atoms with Gasteiger partial charge in [0.25, 0.3) is 11.5 Å². The fourth-order valence-electron chi connectivity index (χ4n) is 3.92. The molecule has 0 unspecified atom stereocenters. The summed E-state index contributed by atoms with van der Waals surface area (Å²) in [5.41, 5.74) is 3.30. The molecule has 8 nitrogen and oxygen atoms in total. The van der Waals surface area contributed by atoms with E-state index in [9.17, 15) is 9.59 Å². The summed E-state index contributed by atoms with van der Waals surface area (Å²) < 4.78 is 3.06. The Morgan fingerprint density at radius 2 is 1.85 bits per heavy atom. The van der Waals surface area contributed by atoms with Crippen molar-refractivity contribution in [3.05, 3.63) is 117 Å². The van der Waals surface area contributed by atoms with Crippen LogP contribution in [0, 0.1) is 12.3 Å². The molecular formula is C26H22N6O2. The number of carbonyl (C=O) groups excluding carboxylic acids is 1. The highest BCUT2D eigenvalue weighted by Gasteiger charge is 2.18. The first kappa shape index (κ1) is 21.3. The molecule has 0 fully saturated rings. The van der Waals surface area contributed by atoms with Crippen LogP contribution in [0.4, 0.5) is 0 Å². The van der Waals surface area contributed by atoms with Gasteiger partial charge >= 0.3 is 0 Å². The molecule has 1 aromatic carbocycles. The largest absolute Gasteiger partial charge is 0.348 e. The van der Waals surface area contributed by atoms with Gasteiger partial charge in [0.2, 0.25) is 0 Å². The maximum atomic E-state index is 13.4. The SMILES string of the molecule is Cc1ccc2nc3c(cc(C(=O)NCc4ccccc4)c(=N)n3Cc3cccnc3)c(=O)n2c1. The first-order chi connectivity index (χ1) is 16.5. The van der Waals surface area contributed by atoms with E-state index < -0.39 is 5.91 Å². The van der Waals surface area contributed by atoms with Crippen LogP contribution in [0.5, 0.6) is 0 Å². The highest BCUT2D eigenvalue weighted by Crippen LogP contribution is 2.13. The molecule has 0 bridgehead atoms. The Kier molecular flexibility index (Phi) is 5.47. The van der Waals surface area contributed by atoms with Crippen LogP contribution in [0.25, 0.3) is 16.7 Å². The lowest BCUT2D eigenvalue weighted by atomic mass is 10.1. The number of carbonyl (C=O) groups is 1. The van der Waals surface area contributed by atoms with Crippen molar-refractivity contribution in [3.8, 4) is 0 Å². The summed E-state index contributed by atoms with van der Waals surface area (Å²) in [5, 5.41) is 12.0. The maximum absolute atomic E-state index is 13.4. The Hall–Kier alpha value is -4.59. The van der Waals surface area contributed by atoms with Crippen molar-refractivity contribution in [2.24, 2.45) is 0 Å². The first-order valence-corrected chi connectivity index (χ1v) is 10.8. The molecule has 0 aliphatic heterocycles. The van der Waals surface area contributed by atoms with Gasteiger partial charge < -0.3 is 9.88 Å². The van der Waals surface area contributed by atoms with E-state index in [0.717, 1.165) is 16.7 Å². The number of rotatable bonds is 5. The zero-order valence-corrected chi connectivity index (χ0v) is 18.5. The summed E-state index contributed by atoms with van der Waals surface area (Å²) in [4.78, 5) is 35.4. The number of fused-ring (bicyclic) bond motifs is 2. The van der Waals surface area contributed by atoms with Crippen molar-refractivity contribution in [1.29, 1.82) is 5.41 Å². The number of amides is 1. The van der Waals surface area contributed by atoms with Crippen molar-refractivity contribution in [3.63, 3.8) is 0 Å². The smallest absolute Gasteiger partial charge is 0.267 e. The van der Waals surface area contributed by atoms with Gasteiger partial charge in [0.15, 0.2) is 0 Å². The molecule has 5 aromatic rings. The molecule has 2 N–H and O–H groups in total. The van der Waals surface area contributed by atoms with Crippen molar-refractivity contribution in [2.45, 2.75) is 20.0 Å². The second-order valence-corrected chi connectivity index (χ2v) is 8.11. The molecule has 34 heavy (non-hydrogen) atoms. The van der Waals surface area contributed by atoms with Gasteiger partial charge in [-0.1, -0.05) is 42.5 Å². The van der Waals surface area contributed by atoms with E-state index in [-0.39, 0.29) is 28.5 Å². The fourth-order valence-corrected chi connectivity index (χ4v) is 3.92. The molecule has 4 heterocycles. The van der Waals surface area contributed by atoms with Gasteiger partial charge in [0, 0.05) is 25.1 Å². The van der Waals surface area contributed by atoms with Crippen LogP contribution in [0.1, 0.15) is 27.0 Å². The van der Waals surface area contributed by atoms with Gasteiger partial charge in [-0.15, -0.1) is 0 Å². The molecule has 0 aliphatic carbocycles. The molecule has 0 aliphatic rings. The van der Waals surface area contributed by atoms with Crippen LogP contribution in [0.2, 0.25) is 0 Å². The van der Waals surface area contributed by atoms with E-state index >= 15 is 0 Å². The van der Waals surface area contributed by atoms with Gasteiger partial charge in [-0.2, -0.15) is 0 Å². The normalized spacial score (nSPS) is 11.1. The van der Waals surface area contributed by atoms with Crippen LogP contribution in [-0.4, -0.2) is 24.8 Å². The van der Waals surface area contributed by atoms with E-state index in [1.807, 2.05) is 49.4 Å². The summed E-state index contributed by atoms with van der Waals surface area (Å²) in [5.74, 6) is -0.426. The molecule has 1 amide bonds. The summed E-state index contributed by atoms with van der Waals surface area (Å²) in [6, 6.07) is 18.3. The predicted octanol–water partition coefficient (Wildman–Crippen LogP) is 2.81. The van der Waals surface area contributed by atoms with Crippen molar-refractivity contribution in [2.75, 3.05) is 0 Å². The minimum Gasteiger partial charge on any atom is -0.348 e. The lowest BCUT2D eigenvalue weighted by Crippen LogP contribution is -2.35. The Bertz CT molecular complexity index is 1640. The Balaban J connectivity index is 1.69. The zero-order chi connectivity index (χ0) is 23.7. The Morgan fingerprint density at radius 1 is 1.06 bits per heavy atom. The van der Waals surface area contributed by atoms with Gasteiger partial charge in [-0.3, -0.25) is 24.4 Å². The molecule has 4 aromatic heterocycles. The minimum atomic E-state index is -0.426. The van der Waals surface area contributed by atoms with E-state index in [1.165, 1.54) is 10.5 Å². The summed E-state index contributed by atoms with van der Waals surface area (Å²) in [6.45, 7) is 2.46. The lowest BCUT2D eigenvalue weighted by molar-refractivity contribution is 0.0948. The topological polar surface area (TPSA) is 105 Å². The summed E-state index contributed by atoms with van der Waals surface area (Å²) >= 11 is 0. The second kappa shape index (κ2) is 8.74. The third-order valence-electron chi connectivity index (χ3n) is 5.66. The van der Waals surface area contributed by atoms with Crippen LogP contribution < -0.4 is 16.4 Å². The van der Waals surface area contributed by atoms with Crippen LogP contribution in [0.3, 0.4) is 0 Å². The number of benzene rings is 1. The molecule has 0 radical (unpaired) electrons. The van der Waals surface area contributed by atoms with Crippen molar-refractivity contribution < 1.29 is 4.79 Å². The summed E-state index contributed by atoms with van der Waals surface area (Å²) in [7, 11) is 0. The molecular weight excluding hydrogens is 428 g/mol. The number of hydrogen-bond acceptors (Lipinski definition) is 5. The predicted molar refractivity (Wildman–Crippen MR) is 129 cm³/mol. The van der Waals surface area contributed by atoms with Crippen LogP contribution in [-0.2, 0) is 13.1 Å². The van der Waals surface area contributed by atoms with Crippen molar-refractivity contribution >= 4 is 22.6 Å². The zero-order valence-electron chi connectivity index (χ0n) is 18.5. The standard InChI is InChI=1S/C26H22N6O2/c1-17-9-10-22-30-24-21(26(34)31(22)15-17)12-20(25(33)29-14-18-6-3-2-4-7-18)23(27)32(24)16-19-8-5-11-28-13-19/h2-13,15,27H,14,16H2,1H3,(H,29,33). The number of nitrogens with one attached hydrogen (secondary N) is 2. The van der Waals surface area contributed by atoms with Crippen molar-refractivity contribution in [1.82, 2.24) is 24.3 Å². The van der Waals surface area contributed by atoms with Gasteiger partial charge in [0.05, 0.1) is 17.5 Å². The highest BCUT2D eigenvalue weighted by molar-refractivity contribution is 5.96. The number of nitrogens with zero attached hydrogens (tertiary/aromatic N) is 4. The number of hydrogen-bond donors (Lipinski definition) is 2. The quantitative estimate of drug-likeness (QED) is 0.402. The molecule has 168 valence electrons. The number of aryl methyl sites for hydroxylation is 1. The van der Waals surface area contributed by atoms with E-state index in [1.54, 1.807) is 35.3 Å². The van der Waals surface area contributed by atoms with Gasteiger partial charge in [-0.25, -0.2) is 4.98 Å². The van der Waals surface area contributed by atoms with Gasteiger partial charge in [-0.05, 0) is 41.8 Å². The lowest BCUT2D eigenvalue weighted by Gasteiger charge is -2.15. The average molecular weight is 451 g/mol. The molecule has 0 saturated carbocycles. The molecule has 8 heteroatoms. The van der Waals surface area contributed by atoms with E-state index in [0.29, 0.717) is 17.8 Å². The molecule has 0 spiro atoms. The second-order valence-electron chi connectivity index (χ2n) is 8.11. The molecule has 5 rings (SSSR count). The average Bonchev–Trinajstić information content (AvgIpc) is 2.86. The molecule has 0 atom stereocenters. The monoisotopic (exact) mass is 450 g/mol. The maximum Gasteiger partial charge on any atom is 0.267 e. The Morgan fingerprint density at radius 3 is 2.62 bits per heavy atom. The number of pyridine rings is 3. The third-order valence-corrected chi connectivity index (χ3v) is 5.66. The van der Waals surface area contributed by atoms with Crippen LogP contribution >= 0.6 is 0 Å². The highest BCUT2D eigenvalue weighted by atomic mass is 16.1. The van der Waals surface area contributed by atoms with Gasteiger partial charge in [0.1, 0.15) is 16.8 Å². The fraction of sp³-hybridized carbons (Fsp3) is 0.115. The minimum absolute atomic E-state index is 0.0229. The first-order valence-electron chi connectivity index (χ1n) is 10.8. The molecule has 0 saturated heterocycles.